The van der Waals surface area contributed by atoms with E-state index in [1.165, 1.54) is 44.1 Å². The molecule has 0 saturated carbocycles. The van der Waals surface area contributed by atoms with Gasteiger partial charge in [-0.3, -0.25) is 0 Å². The third kappa shape index (κ3) is 9.74. The van der Waals surface area contributed by atoms with Crippen molar-refractivity contribution < 1.29 is 8.42 Å². The van der Waals surface area contributed by atoms with Crippen LogP contribution in [0.2, 0.25) is 0 Å². The molecule has 0 aliphatic rings. The Morgan fingerprint density at radius 3 is 2.26 bits per heavy atom. The van der Waals surface area contributed by atoms with Gasteiger partial charge in [-0.05, 0) is 36.9 Å². The van der Waals surface area contributed by atoms with Crippen LogP contribution in [0.4, 0.5) is 0 Å². The SMILES string of the molecule is CCCCCCC(CC)NCCc1ccc(CS(N)(=O)=O)cc1. The zero-order chi connectivity index (χ0) is 17.1. The van der Waals surface area contributed by atoms with Crippen LogP contribution < -0.4 is 10.5 Å². The van der Waals surface area contributed by atoms with Crippen LogP contribution >= 0.6 is 0 Å². The molecule has 0 radical (unpaired) electrons. The van der Waals surface area contributed by atoms with Gasteiger partial charge in [-0.1, -0.05) is 63.8 Å². The van der Waals surface area contributed by atoms with Crippen LogP contribution in [0.5, 0.6) is 0 Å². The first-order chi connectivity index (χ1) is 10.9. The summed E-state index contributed by atoms with van der Waals surface area (Å²) in [6.45, 7) is 5.43. The highest BCUT2D eigenvalue weighted by molar-refractivity contribution is 7.88. The predicted molar refractivity (Wildman–Crippen MR) is 97.8 cm³/mol. The van der Waals surface area contributed by atoms with Gasteiger partial charge >= 0.3 is 0 Å². The quantitative estimate of drug-likeness (QED) is 0.573. The zero-order valence-corrected chi connectivity index (χ0v) is 15.4. The Balaban J connectivity index is 2.31. The normalized spacial score (nSPS) is 13.2. The molecule has 3 N–H and O–H groups in total. The van der Waals surface area contributed by atoms with Crippen molar-refractivity contribution in [3.8, 4) is 0 Å². The van der Waals surface area contributed by atoms with E-state index in [-0.39, 0.29) is 5.75 Å². The van der Waals surface area contributed by atoms with E-state index in [9.17, 15) is 8.42 Å². The molecule has 0 bridgehead atoms. The number of sulfonamides is 1. The minimum atomic E-state index is -3.45. The topological polar surface area (TPSA) is 72.2 Å². The highest BCUT2D eigenvalue weighted by atomic mass is 32.2. The van der Waals surface area contributed by atoms with Crippen molar-refractivity contribution in [3.63, 3.8) is 0 Å². The highest BCUT2D eigenvalue weighted by Crippen LogP contribution is 2.10. The Morgan fingerprint density at radius 1 is 1.04 bits per heavy atom. The molecule has 0 saturated heterocycles. The van der Waals surface area contributed by atoms with Crippen LogP contribution in [-0.2, 0) is 22.2 Å². The fourth-order valence-corrected chi connectivity index (χ4v) is 3.38. The van der Waals surface area contributed by atoms with Crippen LogP contribution in [0, 0.1) is 0 Å². The van der Waals surface area contributed by atoms with Crippen LogP contribution in [0.25, 0.3) is 0 Å². The Bertz CT molecular complexity index is 526. The minimum absolute atomic E-state index is 0.0960. The van der Waals surface area contributed by atoms with Gasteiger partial charge in [0.2, 0.25) is 10.0 Å². The van der Waals surface area contributed by atoms with E-state index in [1.54, 1.807) is 0 Å². The van der Waals surface area contributed by atoms with Crippen LogP contribution in [0.15, 0.2) is 24.3 Å². The monoisotopic (exact) mass is 340 g/mol. The third-order valence-electron chi connectivity index (χ3n) is 4.14. The maximum absolute atomic E-state index is 11.1. The summed E-state index contributed by atoms with van der Waals surface area (Å²) >= 11 is 0. The summed E-state index contributed by atoms with van der Waals surface area (Å²) in [5, 5.41) is 8.69. The fraction of sp³-hybridized carbons (Fsp3) is 0.667. The van der Waals surface area contributed by atoms with E-state index in [0.29, 0.717) is 6.04 Å². The Hall–Kier alpha value is -0.910. The van der Waals surface area contributed by atoms with Gasteiger partial charge in [0, 0.05) is 6.04 Å². The maximum atomic E-state index is 11.1. The summed E-state index contributed by atoms with van der Waals surface area (Å²) in [6.07, 6.45) is 8.64. The van der Waals surface area contributed by atoms with Gasteiger partial charge < -0.3 is 5.32 Å². The van der Waals surface area contributed by atoms with Crippen molar-refractivity contribution in [1.29, 1.82) is 0 Å². The minimum Gasteiger partial charge on any atom is -0.314 e. The van der Waals surface area contributed by atoms with Crippen LogP contribution in [0.1, 0.15) is 63.5 Å². The van der Waals surface area contributed by atoms with E-state index in [2.05, 4.69) is 19.2 Å². The lowest BCUT2D eigenvalue weighted by Crippen LogP contribution is -2.30. The number of benzene rings is 1. The molecule has 5 heteroatoms. The number of primary sulfonamides is 1. The van der Waals surface area contributed by atoms with E-state index >= 15 is 0 Å². The molecule has 0 amide bonds. The van der Waals surface area contributed by atoms with Crippen molar-refractivity contribution in [3.05, 3.63) is 35.4 Å². The van der Waals surface area contributed by atoms with Gasteiger partial charge in [0.25, 0.3) is 0 Å². The third-order valence-corrected chi connectivity index (χ3v) is 4.87. The van der Waals surface area contributed by atoms with Gasteiger partial charge in [-0.25, -0.2) is 13.6 Å². The van der Waals surface area contributed by atoms with Gasteiger partial charge in [-0.2, -0.15) is 0 Å². The molecule has 0 fully saturated rings. The molecular formula is C18H32N2O2S. The predicted octanol–water partition coefficient (Wildman–Crippen LogP) is 3.36. The lowest BCUT2D eigenvalue weighted by atomic mass is 10.0. The average Bonchev–Trinajstić information content (AvgIpc) is 2.50. The molecule has 1 atom stereocenters. The van der Waals surface area contributed by atoms with E-state index in [4.69, 9.17) is 5.14 Å². The summed E-state index contributed by atoms with van der Waals surface area (Å²) in [6, 6.07) is 8.28. The molecule has 1 aromatic rings. The Kier molecular flexibility index (Phi) is 9.44. The van der Waals surface area contributed by atoms with Gasteiger partial charge in [0.1, 0.15) is 0 Å². The maximum Gasteiger partial charge on any atom is 0.213 e. The van der Waals surface area contributed by atoms with Gasteiger partial charge in [0.05, 0.1) is 5.75 Å². The molecule has 0 aliphatic heterocycles. The molecule has 132 valence electrons. The molecule has 0 aliphatic carbocycles. The summed E-state index contributed by atoms with van der Waals surface area (Å²) < 4.78 is 22.1. The second-order valence-electron chi connectivity index (χ2n) is 6.28. The second-order valence-corrected chi connectivity index (χ2v) is 7.90. The molecule has 0 aromatic heterocycles. The number of unbranched alkanes of at least 4 members (excludes halogenated alkanes) is 3. The lowest BCUT2D eigenvalue weighted by molar-refractivity contribution is 0.447. The summed E-state index contributed by atoms with van der Waals surface area (Å²) in [4.78, 5) is 0. The van der Waals surface area contributed by atoms with E-state index in [1.807, 2.05) is 24.3 Å². The summed E-state index contributed by atoms with van der Waals surface area (Å²) in [5.41, 5.74) is 1.96. The van der Waals surface area contributed by atoms with E-state index < -0.39 is 10.0 Å². The van der Waals surface area contributed by atoms with Gasteiger partial charge in [0.15, 0.2) is 0 Å². The highest BCUT2D eigenvalue weighted by Gasteiger charge is 2.06. The molecule has 1 unspecified atom stereocenters. The number of nitrogens with two attached hydrogens (primary N) is 1. The van der Waals surface area contributed by atoms with Crippen molar-refractivity contribution >= 4 is 10.0 Å². The molecule has 4 nitrogen and oxygen atoms in total. The summed E-state index contributed by atoms with van der Waals surface area (Å²) in [5.74, 6) is -0.0960. The number of rotatable bonds is 12. The van der Waals surface area contributed by atoms with Crippen LogP contribution in [-0.4, -0.2) is 21.0 Å². The Labute approximate surface area is 141 Å². The standard InChI is InChI=1S/C18H32N2O2S/c1-3-5-6-7-8-18(4-2)20-14-13-16-9-11-17(12-10-16)15-23(19,21)22/h9-12,18,20H,3-8,13-15H2,1-2H3,(H2,19,21,22). The largest absolute Gasteiger partial charge is 0.314 e. The first-order valence-electron chi connectivity index (χ1n) is 8.76. The molecule has 23 heavy (non-hydrogen) atoms. The molecule has 1 rings (SSSR count). The van der Waals surface area contributed by atoms with Crippen molar-refractivity contribution in [1.82, 2.24) is 5.32 Å². The lowest BCUT2D eigenvalue weighted by Gasteiger charge is -2.17. The zero-order valence-electron chi connectivity index (χ0n) is 14.6. The first kappa shape index (κ1) is 20.1. The number of hydrogen-bond acceptors (Lipinski definition) is 3. The van der Waals surface area contributed by atoms with Crippen molar-refractivity contribution in [2.45, 2.75) is 70.6 Å². The summed E-state index contributed by atoms with van der Waals surface area (Å²) in [7, 11) is -3.45. The number of nitrogens with one attached hydrogen (secondary N) is 1. The van der Waals surface area contributed by atoms with Crippen molar-refractivity contribution in [2.75, 3.05) is 6.54 Å². The molecular weight excluding hydrogens is 308 g/mol. The van der Waals surface area contributed by atoms with Crippen LogP contribution in [0.3, 0.4) is 0 Å². The average molecular weight is 341 g/mol. The second kappa shape index (κ2) is 10.8. The molecule has 0 heterocycles. The van der Waals surface area contributed by atoms with Crippen molar-refractivity contribution in [2.24, 2.45) is 5.14 Å². The van der Waals surface area contributed by atoms with Gasteiger partial charge in [-0.15, -0.1) is 0 Å². The Morgan fingerprint density at radius 2 is 1.70 bits per heavy atom. The number of hydrogen-bond donors (Lipinski definition) is 2. The molecule has 0 spiro atoms. The van der Waals surface area contributed by atoms with E-state index in [0.717, 1.165) is 18.5 Å². The first-order valence-corrected chi connectivity index (χ1v) is 10.5. The molecule has 1 aromatic carbocycles. The fourth-order valence-electron chi connectivity index (χ4n) is 2.72. The smallest absolute Gasteiger partial charge is 0.213 e.